The molecule has 1 aromatic carbocycles. The van der Waals surface area contributed by atoms with Crippen LogP contribution in [0.2, 0.25) is 0 Å². The van der Waals surface area contributed by atoms with Crippen molar-refractivity contribution in [2.24, 2.45) is 0 Å². The number of nitrogens with one attached hydrogen (secondary N) is 1. The summed E-state index contributed by atoms with van der Waals surface area (Å²) < 4.78 is 5.16. The second-order valence-corrected chi connectivity index (χ2v) is 4.28. The van der Waals surface area contributed by atoms with Crippen LogP contribution < -0.4 is 10.2 Å². The van der Waals surface area contributed by atoms with Crippen molar-refractivity contribution in [2.45, 2.75) is 19.1 Å². The minimum absolute atomic E-state index is 0.0339. The molecular weight excluding hydrogens is 280 g/mol. The maximum absolute atomic E-state index is 11.4. The number of hydrogen-bond acceptors (Lipinski definition) is 6. The number of aldehydes is 1. The molecule has 8 nitrogen and oxygen atoms in total. The van der Waals surface area contributed by atoms with Gasteiger partial charge in [-0.25, -0.2) is 9.80 Å². The molecule has 1 aromatic rings. The van der Waals surface area contributed by atoms with E-state index in [0.717, 1.165) is 0 Å². The summed E-state index contributed by atoms with van der Waals surface area (Å²) in [6.07, 6.45) is -0.894. The van der Waals surface area contributed by atoms with E-state index < -0.39 is 24.0 Å². The summed E-state index contributed by atoms with van der Waals surface area (Å²) >= 11 is 0. The molecule has 1 aliphatic heterocycles. The van der Waals surface area contributed by atoms with Crippen molar-refractivity contribution in [3.63, 3.8) is 0 Å². The van der Waals surface area contributed by atoms with Gasteiger partial charge in [0.15, 0.2) is 0 Å². The fraction of sp³-hybridized carbons (Fsp3) is 0.231. The van der Waals surface area contributed by atoms with Gasteiger partial charge in [0.05, 0.1) is 0 Å². The molecule has 0 radical (unpaired) electrons. The molecule has 2 N–H and O–H groups in total. The van der Waals surface area contributed by atoms with Crippen LogP contribution in [0.1, 0.15) is 23.2 Å². The number of benzene rings is 1. The van der Waals surface area contributed by atoms with Crippen molar-refractivity contribution < 1.29 is 29.0 Å². The van der Waals surface area contributed by atoms with Gasteiger partial charge in [0.2, 0.25) is 11.8 Å². The first-order valence-corrected chi connectivity index (χ1v) is 6.08. The first-order chi connectivity index (χ1) is 10.0. The van der Waals surface area contributed by atoms with Gasteiger partial charge in [-0.05, 0) is 24.3 Å². The smallest absolute Gasteiger partial charge is 0.362 e. The summed E-state index contributed by atoms with van der Waals surface area (Å²) in [5.74, 6) is -2.22. The third-order valence-corrected chi connectivity index (χ3v) is 2.79. The second kappa shape index (κ2) is 6.14. The van der Waals surface area contributed by atoms with Crippen LogP contribution in [0.5, 0.6) is 5.75 Å². The molecule has 1 atom stereocenters. The Labute approximate surface area is 119 Å². The molecule has 1 aliphatic rings. The maximum Gasteiger partial charge on any atom is 0.362 e. The molecule has 21 heavy (non-hydrogen) atoms. The predicted octanol–water partition coefficient (Wildman–Crippen LogP) is -0.0578. The van der Waals surface area contributed by atoms with Gasteiger partial charge in [-0.3, -0.25) is 14.4 Å². The second-order valence-electron chi connectivity index (χ2n) is 4.28. The van der Waals surface area contributed by atoms with E-state index in [1.165, 1.54) is 24.3 Å². The number of rotatable bonds is 6. The largest absolute Gasteiger partial charge is 0.477 e. The monoisotopic (exact) mass is 292 g/mol. The average molecular weight is 292 g/mol. The van der Waals surface area contributed by atoms with E-state index in [1.807, 2.05) is 0 Å². The number of amides is 2. The molecule has 1 unspecified atom stereocenters. The average Bonchev–Trinajstić information content (AvgIpc) is 2.78. The maximum atomic E-state index is 11.4. The van der Waals surface area contributed by atoms with Crippen LogP contribution in [0.4, 0.5) is 0 Å². The van der Waals surface area contributed by atoms with Gasteiger partial charge >= 0.3 is 5.97 Å². The van der Waals surface area contributed by atoms with E-state index in [-0.39, 0.29) is 18.6 Å². The number of carbonyl (C=O) groups is 4. The summed E-state index contributed by atoms with van der Waals surface area (Å²) in [5, 5.41) is 9.73. The SMILES string of the molecule is O=Cc1ccc(OC(NN2C(=O)CCC2=O)C(=O)O)cc1. The fourth-order valence-electron chi connectivity index (χ4n) is 1.73. The molecule has 0 aromatic heterocycles. The third-order valence-electron chi connectivity index (χ3n) is 2.79. The number of carboxylic acids is 1. The number of ether oxygens (including phenoxy) is 1. The first kappa shape index (κ1) is 14.7. The van der Waals surface area contributed by atoms with Crippen LogP contribution in [0.15, 0.2) is 24.3 Å². The molecular formula is C13H12N2O6. The summed E-state index contributed by atoms with van der Waals surface area (Å²) in [6, 6.07) is 5.73. The molecule has 1 fully saturated rings. The molecule has 110 valence electrons. The van der Waals surface area contributed by atoms with Gasteiger partial charge in [-0.2, -0.15) is 5.43 Å². The Morgan fingerprint density at radius 3 is 2.29 bits per heavy atom. The predicted molar refractivity (Wildman–Crippen MR) is 68.1 cm³/mol. The van der Waals surface area contributed by atoms with Crippen molar-refractivity contribution in [3.8, 4) is 5.75 Å². The first-order valence-electron chi connectivity index (χ1n) is 6.08. The van der Waals surface area contributed by atoms with Crippen molar-refractivity contribution in [3.05, 3.63) is 29.8 Å². The van der Waals surface area contributed by atoms with Crippen molar-refractivity contribution in [1.29, 1.82) is 0 Å². The van der Waals surface area contributed by atoms with Crippen LogP contribution >= 0.6 is 0 Å². The molecule has 8 heteroatoms. The van der Waals surface area contributed by atoms with Gasteiger partial charge in [0.1, 0.15) is 12.0 Å². The standard InChI is InChI=1S/C13H12N2O6/c16-7-8-1-3-9(4-2-8)21-12(13(19)20)14-15-10(17)5-6-11(15)18/h1-4,7,12,14H,5-6H2,(H,19,20). The quantitative estimate of drug-likeness (QED) is 0.429. The number of imide groups is 1. The van der Waals surface area contributed by atoms with E-state index in [0.29, 0.717) is 16.9 Å². The van der Waals surface area contributed by atoms with Crippen molar-refractivity contribution in [1.82, 2.24) is 10.4 Å². The number of hydrazine groups is 1. The molecule has 1 heterocycles. The third kappa shape index (κ3) is 3.42. The van der Waals surface area contributed by atoms with Gasteiger partial charge < -0.3 is 9.84 Å². The Morgan fingerprint density at radius 2 is 1.81 bits per heavy atom. The Kier molecular flexibility index (Phi) is 4.29. The van der Waals surface area contributed by atoms with Crippen molar-refractivity contribution >= 4 is 24.1 Å². The normalized spacial score (nSPS) is 15.9. The Balaban J connectivity index is 2.08. The van der Waals surface area contributed by atoms with Crippen LogP contribution in [0.25, 0.3) is 0 Å². The van der Waals surface area contributed by atoms with Crippen LogP contribution in [-0.4, -0.2) is 40.4 Å². The van der Waals surface area contributed by atoms with E-state index in [9.17, 15) is 19.2 Å². The zero-order valence-electron chi connectivity index (χ0n) is 10.8. The van der Waals surface area contributed by atoms with E-state index >= 15 is 0 Å². The minimum Gasteiger partial charge on any atom is -0.477 e. The summed E-state index contributed by atoms with van der Waals surface area (Å²) in [4.78, 5) is 44.5. The fourth-order valence-corrected chi connectivity index (χ4v) is 1.73. The van der Waals surface area contributed by atoms with Crippen LogP contribution in [-0.2, 0) is 14.4 Å². The topological polar surface area (TPSA) is 113 Å². The molecule has 1 saturated heterocycles. The highest BCUT2D eigenvalue weighted by Gasteiger charge is 2.33. The lowest BCUT2D eigenvalue weighted by atomic mass is 10.2. The number of carboxylic acid groups (broad SMARTS) is 1. The summed E-state index contributed by atoms with van der Waals surface area (Å²) in [7, 11) is 0. The van der Waals surface area contributed by atoms with Gasteiger partial charge in [0.25, 0.3) is 6.23 Å². The lowest BCUT2D eigenvalue weighted by molar-refractivity contribution is -0.155. The molecule has 0 aliphatic carbocycles. The van der Waals surface area contributed by atoms with Gasteiger partial charge in [0, 0.05) is 18.4 Å². The number of carbonyl (C=O) groups excluding carboxylic acids is 3. The van der Waals surface area contributed by atoms with Crippen molar-refractivity contribution in [2.75, 3.05) is 0 Å². The highest BCUT2D eigenvalue weighted by atomic mass is 16.5. The van der Waals surface area contributed by atoms with Gasteiger partial charge in [-0.1, -0.05) is 0 Å². The van der Waals surface area contributed by atoms with Crippen LogP contribution in [0, 0.1) is 0 Å². The number of aliphatic carboxylic acids is 1. The lowest BCUT2D eigenvalue weighted by Crippen LogP contribution is -2.53. The Morgan fingerprint density at radius 1 is 1.24 bits per heavy atom. The Hall–Kier alpha value is -2.74. The Bertz CT molecular complexity index is 567. The summed E-state index contributed by atoms with van der Waals surface area (Å²) in [5.41, 5.74) is 2.64. The number of hydrogen-bond donors (Lipinski definition) is 2. The molecule has 2 amide bonds. The van der Waals surface area contributed by atoms with E-state index in [4.69, 9.17) is 9.84 Å². The zero-order chi connectivity index (χ0) is 15.4. The minimum atomic E-state index is -1.60. The molecule has 0 spiro atoms. The van der Waals surface area contributed by atoms with Crippen LogP contribution in [0.3, 0.4) is 0 Å². The van der Waals surface area contributed by atoms with E-state index in [1.54, 1.807) is 0 Å². The lowest BCUT2D eigenvalue weighted by Gasteiger charge is -2.21. The van der Waals surface area contributed by atoms with Gasteiger partial charge in [-0.15, -0.1) is 0 Å². The highest BCUT2D eigenvalue weighted by molar-refractivity contribution is 6.01. The molecule has 0 saturated carbocycles. The highest BCUT2D eigenvalue weighted by Crippen LogP contribution is 2.14. The zero-order valence-corrected chi connectivity index (χ0v) is 10.8. The molecule has 0 bridgehead atoms. The van der Waals surface area contributed by atoms with E-state index in [2.05, 4.69) is 5.43 Å². The summed E-state index contributed by atoms with van der Waals surface area (Å²) in [6.45, 7) is 0. The number of nitrogens with zero attached hydrogens (tertiary/aromatic N) is 1. The molecule has 2 rings (SSSR count).